The quantitative estimate of drug-likeness (QED) is 0.244. The SMILES string of the molecule is CCSCCC(CS)SOSC(CS)CCSCC. The highest BCUT2D eigenvalue weighted by atomic mass is 32.2. The third-order valence-electron chi connectivity index (χ3n) is 2.33. The Labute approximate surface area is 147 Å². The molecule has 0 rings (SSSR count). The Morgan fingerprint density at radius 1 is 0.842 bits per heavy atom. The van der Waals surface area contributed by atoms with Gasteiger partial charge in [-0.25, -0.2) is 3.63 Å². The Bertz CT molecular complexity index is 166. The van der Waals surface area contributed by atoms with E-state index in [1.165, 1.54) is 35.9 Å². The molecule has 0 fully saturated rings. The maximum Gasteiger partial charge on any atom is 0.0419 e. The second kappa shape index (κ2) is 16.4. The molecule has 0 aromatic rings. The van der Waals surface area contributed by atoms with Crippen LogP contribution in [-0.2, 0) is 3.63 Å². The number of hydrogen-bond donors (Lipinski definition) is 2. The Morgan fingerprint density at radius 2 is 1.26 bits per heavy atom. The van der Waals surface area contributed by atoms with Crippen molar-refractivity contribution < 1.29 is 3.63 Å². The van der Waals surface area contributed by atoms with Crippen LogP contribution in [0.5, 0.6) is 0 Å². The van der Waals surface area contributed by atoms with Crippen molar-refractivity contribution in [3.05, 3.63) is 0 Å². The lowest BCUT2D eigenvalue weighted by Crippen LogP contribution is -2.09. The van der Waals surface area contributed by atoms with Gasteiger partial charge in [-0.05, 0) is 35.9 Å². The first kappa shape index (κ1) is 21.1. The molecule has 0 saturated carbocycles. The van der Waals surface area contributed by atoms with Gasteiger partial charge in [-0.1, -0.05) is 13.8 Å². The maximum atomic E-state index is 5.72. The molecule has 0 aliphatic rings. The summed E-state index contributed by atoms with van der Waals surface area (Å²) >= 11 is 15.9. The van der Waals surface area contributed by atoms with Crippen LogP contribution >= 0.6 is 72.9 Å². The van der Waals surface area contributed by atoms with E-state index in [4.69, 9.17) is 3.63 Å². The summed E-state index contributed by atoms with van der Waals surface area (Å²) in [5, 5.41) is 1.00. The average molecular weight is 379 g/mol. The van der Waals surface area contributed by atoms with Gasteiger partial charge in [0.25, 0.3) is 0 Å². The fourth-order valence-corrected chi connectivity index (χ4v) is 5.32. The molecule has 0 aliphatic carbocycles. The van der Waals surface area contributed by atoms with E-state index < -0.39 is 0 Å². The minimum atomic E-state index is 0.500. The highest BCUT2D eigenvalue weighted by Gasteiger charge is 2.12. The van der Waals surface area contributed by atoms with Gasteiger partial charge in [0.2, 0.25) is 0 Å². The Hall–Kier alpha value is 2.06. The molecule has 2 unspecified atom stereocenters. The molecule has 19 heavy (non-hydrogen) atoms. The van der Waals surface area contributed by atoms with Crippen LogP contribution in [-0.4, -0.2) is 45.0 Å². The molecule has 0 N–H and O–H groups in total. The lowest BCUT2D eigenvalue weighted by Gasteiger charge is -2.15. The minimum absolute atomic E-state index is 0.500. The monoisotopic (exact) mass is 378 g/mol. The molecule has 0 aliphatic heterocycles. The molecule has 116 valence electrons. The van der Waals surface area contributed by atoms with Gasteiger partial charge in [-0.2, -0.15) is 48.8 Å². The Kier molecular flexibility index (Phi) is 18.2. The van der Waals surface area contributed by atoms with Gasteiger partial charge in [-0.3, -0.25) is 0 Å². The summed E-state index contributed by atoms with van der Waals surface area (Å²) in [4.78, 5) is 0. The van der Waals surface area contributed by atoms with Crippen molar-refractivity contribution in [3.8, 4) is 0 Å². The van der Waals surface area contributed by atoms with Gasteiger partial charge in [0, 0.05) is 46.1 Å². The van der Waals surface area contributed by atoms with E-state index in [1.54, 1.807) is 24.1 Å². The largest absolute Gasteiger partial charge is 0.247 e. The third-order valence-corrected chi connectivity index (χ3v) is 7.55. The molecule has 2 atom stereocenters. The smallest absolute Gasteiger partial charge is 0.0419 e. The van der Waals surface area contributed by atoms with Crippen LogP contribution in [0.1, 0.15) is 26.7 Å². The van der Waals surface area contributed by atoms with Crippen LogP contribution in [0.2, 0.25) is 0 Å². The van der Waals surface area contributed by atoms with Crippen LogP contribution in [0.4, 0.5) is 0 Å². The summed E-state index contributed by atoms with van der Waals surface area (Å²) in [5.74, 6) is 6.55. The zero-order valence-corrected chi connectivity index (χ0v) is 16.8. The average Bonchev–Trinajstić information content (AvgIpc) is 2.44. The van der Waals surface area contributed by atoms with Crippen molar-refractivity contribution >= 4 is 72.9 Å². The summed E-state index contributed by atoms with van der Waals surface area (Å²) in [5.41, 5.74) is 0. The van der Waals surface area contributed by atoms with Gasteiger partial charge < -0.3 is 0 Å². The highest BCUT2D eigenvalue weighted by molar-refractivity contribution is 8.09. The number of hydrogen-bond acceptors (Lipinski definition) is 7. The number of thiol groups is 2. The lowest BCUT2D eigenvalue weighted by molar-refractivity contribution is 0.717. The fourth-order valence-electron chi connectivity index (χ4n) is 1.19. The lowest BCUT2D eigenvalue weighted by atomic mass is 10.4. The summed E-state index contributed by atoms with van der Waals surface area (Å²) in [6.07, 6.45) is 2.34. The summed E-state index contributed by atoms with van der Waals surface area (Å²) in [6.45, 7) is 4.40. The van der Waals surface area contributed by atoms with E-state index in [0.29, 0.717) is 10.5 Å². The van der Waals surface area contributed by atoms with Gasteiger partial charge in [-0.15, -0.1) is 0 Å². The standard InChI is InChI=1S/C12H26OS6/c1-3-16-7-5-11(9-14)18-13-19-12(10-15)6-8-17-4-2/h11-12,14-15H,3-10H2,1-2H3. The topological polar surface area (TPSA) is 9.23 Å². The Balaban J connectivity index is 3.64. The summed E-state index contributed by atoms with van der Waals surface area (Å²) in [7, 11) is 0. The van der Waals surface area contributed by atoms with Crippen LogP contribution < -0.4 is 0 Å². The van der Waals surface area contributed by atoms with E-state index >= 15 is 0 Å². The molecule has 0 saturated heterocycles. The van der Waals surface area contributed by atoms with Crippen molar-refractivity contribution in [1.82, 2.24) is 0 Å². The van der Waals surface area contributed by atoms with E-state index in [1.807, 2.05) is 23.5 Å². The minimum Gasteiger partial charge on any atom is -0.247 e. The molecule has 7 heteroatoms. The van der Waals surface area contributed by atoms with Crippen LogP contribution in [0.25, 0.3) is 0 Å². The van der Waals surface area contributed by atoms with Gasteiger partial charge in [0.1, 0.15) is 0 Å². The molecule has 0 aromatic carbocycles. The van der Waals surface area contributed by atoms with Gasteiger partial charge in [0.05, 0.1) is 0 Å². The zero-order chi connectivity index (χ0) is 14.3. The first-order chi connectivity index (χ1) is 9.28. The highest BCUT2D eigenvalue weighted by Crippen LogP contribution is 2.29. The molecule has 0 heterocycles. The normalized spacial score (nSPS) is 14.5. The van der Waals surface area contributed by atoms with Gasteiger partial charge in [0.15, 0.2) is 0 Å². The first-order valence-corrected chi connectivity index (χ1v) is 11.8. The second-order valence-corrected chi connectivity index (χ2v) is 9.62. The molecule has 0 radical (unpaired) electrons. The fraction of sp³-hybridized carbons (Fsp3) is 1.00. The van der Waals surface area contributed by atoms with Crippen molar-refractivity contribution in [2.75, 3.05) is 34.5 Å². The van der Waals surface area contributed by atoms with Gasteiger partial charge >= 0.3 is 0 Å². The third kappa shape index (κ3) is 13.4. The summed E-state index contributed by atoms with van der Waals surface area (Å²) < 4.78 is 5.72. The van der Waals surface area contributed by atoms with Crippen LogP contribution in [0.3, 0.4) is 0 Å². The van der Waals surface area contributed by atoms with Crippen molar-refractivity contribution in [2.24, 2.45) is 0 Å². The first-order valence-electron chi connectivity index (χ1n) is 6.64. The maximum absolute atomic E-state index is 5.72. The van der Waals surface area contributed by atoms with E-state index in [-0.39, 0.29) is 0 Å². The van der Waals surface area contributed by atoms with E-state index in [9.17, 15) is 0 Å². The van der Waals surface area contributed by atoms with Crippen molar-refractivity contribution in [3.63, 3.8) is 0 Å². The molecule has 1 nitrogen and oxygen atoms in total. The molecule has 0 bridgehead atoms. The molecule has 0 aromatic heterocycles. The predicted octanol–water partition coefficient (Wildman–Crippen LogP) is 5.18. The number of thioether (sulfide) groups is 2. The molecular formula is C12H26OS6. The van der Waals surface area contributed by atoms with Crippen LogP contribution in [0, 0.1) is 0 Å². The van der Waals surface area contributed by atoms with Crippen LogP contribution in [0.15, 0.2) is 0 Å². The van der Waals surface area contributed by atoms with Crippen molar-refractivity contribution in [2.45, 2.75) is 37.2 Å². The molecule has 0 spiro atoms. The van der Waals surface area contributed by atoms with E-state index in [0.717, 1.165) is 11.5 Å². The molecule has 0 amide bonds. The second-order valence-electron chi connectivity index (χ2n) is 3.84. The summed E-state index contributed by atoms with van der Waals surface area (Å²) in [6, 6.07) is 0. The Morgan fingerprint density at radius 3 is 1.58 bits per heavy atom. The van der Waals surface area contributed by atoms with Crippen molar-refractivity contribution in [1.29, 1.82) is 0 Å². The predicted molar refractivity (Wildman–Crippen MR) is 107 cm³/mol. The van der Waals surface area contributed by atoms with E-state index in [2.05, 4.69) is 39.1 Å². The number of rotatable bonds is 14. The zero-order valence-electron chi connectivity index (χ0n) is 11.7. The molecular weight excluding hydrogens is 353 g/mol.